The Hall–Kier alpha value is -9.04. The molecule has 1 unspecified atom stereocenters. The molecule has 7 rings (SSSR count). The van der Waals surface area contributed by atoms with Gasteiger partial charge in [0.05, 0.1) is 48.1 Å². The standard InChI is InChI=1S/C72H95N7O23/c1-37(2)31-47(78-66(93)48(32-52(73)83)77-63(90)40(5)76-62(89)39(4)75-35-46(82)28-29-53(84)85)65(92)74-30-20-27-54(86)100-50-33-51-71(36-97-51,102-42(7)81)59-61(101-67(94)45-25-18-13-19-26-45)72(96)34-49(38(3)55(69(72,8)9)58(98-41(6)80)60(88)70(50,59)10)99-68(95)57(87)56(43-21-14-11-15-22-43)79-64(91)44-23-16-12-17-24-44/h11-19,21-26,37,39-40,46-51,53,56-59,61,75,82,84-85,87,96H,20,27-36H2,1-10H3,(H2,73,83)(H,74,92)(H,76,89)(H,77,90)(H,78,93)(H,79,91)/t39-,40-,46+,47-,48-,49+,50+,51-,56+,57-,58-,59?,61+,70-,71+,72-/m1/s1. The van der Waals surface area contributed by atoms with E-state index in [-0.39, 0.29) is 73.4 Å². The van der Waals surface area contributed by atoms with Crippen LogP contribution in [0, 0.1) is 22.7 Å². The summed E-state index contributed by atoms with van der Waals surface area (Å²) in [5, 5.41) is 70.1. The van der Waals surface area contributed by atoms with Crippen molar-refractivity contribution < 1.29 is 111 Å². The van der Waals surface area contributed by atoms with Crippen molar-refractivity contribution in [3.8, 4) is 0 Å². The quantitative estimate of drug-likeness (QED) is 0.0136. The van der Waals surface area contributed by atoms with Crippen LogP contribution in [0.15, 0.2) is 102 Å². The smallest absolute Gasteiger partial charge is 0.338 e. The molecule has 6 amide bonds. The van der Waals surface area contributed by atoms with E-state index in [1.165, 1.54) is 65.8 Å². The molecule has 1 aliphatic heterocycles. The molecule has 1 saturated heterocycles. The van der Waals surface area contributed by atoms with Gasteiger partial charge in [-0.2, -0.15) is 0 Å². The van der Waals surface area contributed by atoms with Crippen molar-refractivity contribution in [3.63, 3.8) is 0 Å². The van der Waals surface area contributed by atoms with E-state index in [2.05, 4.69) is 31.9 Å². The summed E-state index contributed by atoms with van der Waals surface area (Å²) in [6.45, 7) is 13.3. The number of Topliss-reactive ketones (excluding diaryl/α,β-unsaturated/α-hetero) is 1. The number of benzene rings is 3. The summed E-state index contributed by atoms with van der Waals surface area (Å²) in [7, 11) is 0. The summed E-state index contributed by atoms with van der Waals surface area (Å²) in [5.74, 6) is -13.3. The molecule has 0 aromatic heterocycles. The van der Waals surface area contributed by atoms with Crippen LogP contribution in [0.5, 0.6) is 0 Å². The zero-order valence-corrected chi connectivity index (χ0v) is 58.8. The highest BCUT2D eigenvalue weighted by Gasteiger charge is 2.79. The Kier molecular flexibility index (Phi) is 27.0. The van der Waals surface area contributed by atoms with Gasteiger partial charge in [0.25, 0.3) is 5.91 Å². The number of carbonyl (C=O) groups is 12. The first kappa shape index (κ1) is 80.3. The average molecular weight is 1430 g/mol. The molecule has 3 fully saturated rings. The molecule has 4 aliphatic rings. The van der Waals surface area contributed by atoms with E-state index in [9.17, 15) is 68.1 Å². The number of rotatable bonds is 32. The molecule has 0 spiro atoms. The van der Waals surface area contributed by atoms with E-state index in [0.29, 0.717) is 5.56 Å². The summed E-state index contributed by atoms with van der Waals surface area (Å²) in [4.78, 5) is 168. The van der Waals surface area contributed by atoms with Gasteiger partial charge in [-0.3, -0.25) is 47.9 Å². The Morgan fingerprint density at radius 3 is 1.86 bits per heavy atom. The van der Waals surface area contributed by atoms with Crippen LogP contribution in [0.1, 0.15) is 153 Å². The maximum Gasteiger partial charge on any atom is 0.338 e. The average Bonchev–Trinajstić information content (AvgIpc) is 0.668. The van der Waals surface area contributed by atoms with Crippen molar-refractivity contribution in [3.05, 3.63) is 119 Å². The van der Waals surface area contributed by atoms with Crippen LogP contribution in [0.4, 0.5) is 0 Å². The predicted octanol–water partition coefficient (Wildman–Crippen LogP) is 1.01. The molecule has 1 heterocycles. The van der Waals surface area contributed by atoms with Crippen molar-refractivity contribution >= 4 is 71.1 Å². The number of nitrogens with two attached hydrogens (primary N) is 1. The minimum Gasteiger partial charge on any atom is -0.461 e. The number of aliphatic hydroxyl groups excluding tert-OH is 3. The number of esters is 5. The fourth-order valence-electron chi connectivity index (χ4n) is 14.1. The Morgan fingerprint density at radius 1 is 0.696 bits per heavy atom. The number of amides is 6. The molecular formula is C72H95N7O23. The molecule has 3 aromatic rings. The number of hydrogen-bond acceptors (Lipinski definition) is 24. The van der Waals surface area contributed by atoms with Crippen LogP contribution in [0.3, 0.4) is 0 Å². The third-order valence-electron chi connectivity index (χ3n) is 19.5. The van der Waals surface area contributed by atoms with Gasteiger partial charge in [0, 0.05) is 63.6 Å². The number of hydrogen-bond donors (Lipinski definition) is 12. The zero-order chi connectivity index (χ0) is 75.3. The first-order valence-corrected chi connectivity index (χ1v) is 33.9. The summed E-state index contributed by atoms with van der Waals surface area (Å²) in [5.41, 5.74) is -2.96. The highest BCUT2D eigenvalue weighted by Crippen LogP contribution is 2.65. The molecule has 13 N–H and O–H groups in total. The summed E-state index contributed by atoms with van der Waals surface area (Å²) in [6, 6.07) is 17.0. The van der Waals surface area contributed by atoms with E-state index >= 15 is 4.79 Å². The number of fused-ring (bicyclic) bond motifs is 5. The fraction of sp³-hybridized carbons (Fsp3) is 0.556. The molecule has 16 atom stereocenters. The Morgan fingerprint density at radius 2 is 1.29 bits per heavy atom. The van der Waals surface area contributed by atoms with Gasteiger partial charge in [0.1, 0.15) is 48.1 Å². The van der Waals surface area contributed by atoms with Gasteiger partial charge in [-0.25, -0.2) is 9.59 Å². The van der Waals surface area contributed by atoms with Crippen molar-refractivity contribution in [2.45, 2.75) is 211 Å². The summed E-state index contributed by atoms with van der Waals surface area (Å²) in [6.07, 6.45) is -15.9. The first-order chi connectivity index (χ1) is 48.0. The minimum absolute atomic E-state index is 0.0190. The second-order valence-corrected chi connectivity index (χ2v) is 27.7. The van der Waals surface area contributed by atoms with Gasteiger partial charge >= 0.3 is 29.8 Å². The highest BCUT2D eigenvalue weighted by molar-refractivity contribution is 5.98. The lowest BCUT2D eigenvalue weighted by Gasteiger charge is -2.67. The molecule has 30 nitrogen and oxygen atoms in total. The number of aliphatic hydroxyl groups is 5. The van der Waals surface area contributed by atoms with E-state index < -0.39 is 204 Å². The molecule has 3 aliphatic carbocycles. The van der Waals surface area contributed by atoms with E-state index in [4.69, 9.17) is 44.4 Å². The van der Waals surface area contributed by atoms with Crippen molar-refractivity contribution in [2.24, 2.45) is 28.4 Å². The van der Waals surface area contributed by atoms with Crippen molar-refractivity contribution in [1.82, 2.24) is 31.9 Å². The fourth-order valence-corrected chi connectivity index (χ4v) is 14.1. The van der Waals surface area contributed by atoms with E-state index in [1.54, 1.807) is 80.6 Å². The number of ether oxygens (including phenoxy) is 6. The lowest BCUT2D eigenvalue weighted by Crippen LogP contribution is -2.82. The number of carbonyl (C=O) groups excluding carboxylic acids is 12. The predicted molar refractivity (Wildman–Crippen MR) is 359 cm³/mol. The lowest BCUT2D eigenvalue weighted by molar-refractivity contribution is -0.346. The topological polar surface area (TPSA) is 460 Å². The van der Waals surface area contributed by atoms with Gasteiger partial charge in [-0.05, 0) is 93.9 Å². The molecule has 102 heavy (non-hydrogen) atoms. The molecule has 30 heteroatoms. The Bertz CT molecular complexity index is 3590. The van der Waals surface area contributed by atoms with Crippen LogP contribution in [-0.2, 0) is 76.4 Å². The largest absolute Gasteiger partial charge is 0.461 e. The van der Waals surface area contributed by atoms with Crippen LogP contribution >= 0.6 is 0 Å². The second kappa shape index (κ2) is 34.3. The highest BCUT2D eigenvalue weighted by atomic mass is 16.6. The molecular weight excluding hydrogens is 1330 g/mol. The summed E-state index contributed by atoms with van der Waals surface area (Å²) < 4.78 is 37.6. The SMILES string of the molecule is CC(=O)O[C@H]1C(=O)[C@@]2(C)C([C@H](OC(=O)c3ccccc3)[C@]3(O)C[C@H](OC(=O)[C@H](O)[C@@H](NC(=O)c4ccccc4)c4ccccc4)C(C)=C1C3(C)C)[C@]1(OC(C)=O)CO[C@@H]1C[C@@H]2OC(=O)CCCNC(=O)[C@@H](CC(C)C)NC(=O)[C@@H](CC(N)=O)NC(=O)[C@@H](C)NC(=O)[C@@H](C)NC[C@@H](O)CCC(O)O. The zero-order valence-electron chi connectivity index (χ0n) is 58.8. The van der Waals surface area contributed by atoms with Gasteiger partial charge in [0.15, 0.2) is 29.9 Å². The number of primary amides is 1. The monoisotopic (exact) mass is 1430 g/mol. The first-order valence-electron chi connectivity index (χ1n) is 33.9. The second-order valence-electron chi connectivity index (χ2n) is 27.7. The van der Waals surface area contributed by atoms with Crippen molar-refractivity contribution in [1.29, 1.82) is 0 Å². The molecule has 2 bridgehead atoms. The molecule has 3 aromatic carbocycles. The van der Waals surface area contributed by atoms with Crippen LogP contribution in [0.2, 0.25) is 0 Å². The Balaban J connectivity index is 1.17. The third kappa shape index (κ3) is 18.6. The number of ketones is 1. The Labute approximate surface area is 590 Å². The van der Waals surface area contributed by atoms with Crippen LogP contribution < -0.4 is 37.6 Å². The van der Waals surface area contributed by atoms with Crippen LogP contribution in [0.25, 0.3) is 0 Å². The van der Waals surface area contributed by atoms with Gasteiger partial charge in [-0.1, -0.05) is 94.4 Å². The van der Waals surface area contributed by atoms with Gasteiger partial charge < -0.3 is 91.6 Å². The lowest BCUT2D eigenvalue weighted by atomic mass is 9.44. The normalized spacial score (nSPS) is 25.4. The maximum absolute atomic E-state index is 16.5. The van der Waals surface area contributed by atoms with E-state index in [0.717, 1.165) is 13.8 Å². The van der Waals surface area contributed by atoms with Crippen LogP contribution in [-0.4, -0.2) is 201 Å². The number of nitrogens with one attached hydrogen (secondary N) is 6. The van der Waals surface area contributed by atoms with Gasteiger partial charge in [0.2, 0.25) is 29.5 Å². The molecule has 556 valence electrons. The summed E-state index contributed by atoms with van der Waals surface area (Å²) >= 11 is 0. The molecule has 0 radical (unpaired) electrons. The van der Waals surface area contributed by atoms with Crippen molar-refractivity contribution in [2.75, 3.05) is 19.7 Å². The van der Waals surface area contributed by atoms with Gasteiger partial charge in [-0.15, -0.1) is 0 Å². The molecule has 2 saturated carbocycles. The third-order valence-corrected chi connectivity index (χ3v) is 19.5. The maximum atomic E-state index is 16.5. The minimum atomic E-state index is -2.60. The van der Waals surface area contributed by atoms with E-state index in [1.807, 2.05) is 0 Å².